The number of carboxylic acids is 1. The second-order valence-electron chi connectivity index (χ2n) is 10.7. The van der Waals surface area contributed by atoms with E-state index in [2.05, 4.69) is 30.7 Å². The van der Waals surface area contributed by atoms with E-state index in [9.17, 15) is 27.9 Å². The van der Waals surface area contributed by atoms with E-state index in [-0.39, 0.29) is 24.1 Å². The quantitative estimate of drug-likeness (QED) is 0.152. The Labute approximate surface area is 256 Å². The number of carbonyl (C=O) groups excluding carboxylic acids is 1. The maximum Gasteiger partial charge on any atom is 0.416 e. The summed E-state index contributed by atoms with van der Waals surface area (Å²) in [5.74, 6) is -2.01. The highest BCUT2D eigenvalue weighted by molar-refractivity contribution is 5.94. The van der Waals surface area contributed by atoms with Crippen LogP contribution in [0.4, 0.5) is 13.2 Å². The molecule has 0 amide bonds. The molecule has 2 aromatic carbocycles. The summed E-state index contributed by atoms with van der Waals surface area (Å²) in [6.07, 6.45) is -2.34. The van der Waals surface area contributed by atoms with Crippen molar-refractivity contribution in [3.63, 3.8) is 0 Å². The molecule has 3 heterocycles. The predicted molar refractivity (Wildman–Crippen MR) is 158 cm³/mol. The van der Waals surface area contributed by atoms with Crippen LogP contribution in [0.1, 0.15) is 59.1 Å². The SMILES string of the molecule is CCCc1cc(C(=O)C[C@@H](CC(=O)O)Cc2ccccc2C(F)(F)F)nn1Cc1ccc(-c2ccccc2-c2nn[nH]n2)nc1. The lowest BCUT2D eigenvalue weighted by atomic mass is 9.88. The van der Waals surface area contributed by atoms with Crippen LogP contribution in [0.15, 0.2) is 72.9 Å². The number of carbonyl (C=O) groups is 2. The Balaban J connectivity index is 1.34. The molecular formula is C32H30F3N7O3. The Bertz CT molecular complexity index is 1770. The number of pyridine rings is 1. The molecule has 10 nitrogen and oxygen atoms in total. The van der Waals surface area contributed by atoms with Gasteiger partial charge in [0.05, 0.1) is 17.8 Å². The second-order valence-corrected chi connectivity index (χ2v) is 10.7. The summed E-state index contributed by atoms with van der Waals surface area (Å²) in [6.45, 7) is 2.33. The van der Waals surface area contributed by atoms with Gasteiger partial charge in [-0.15, -0.1) is 10.2 Å². The van der Waals surface area contributed by atoms with Crippen LogP contribution in [0.5, 0.6) is 0 Å². The van der Waals surface area contributed by atoms with Crippen molar-refractivity contribution in [2.24, 2.45) is 5.92 Å². The zero-order valence-corrected chi connectivity index (χ0v) is 24.3. The van der Waals surface area contributed by atoms with Gasteiger partial charge in [0, 0.05) is 35.9 Å². The molecule has 5 rings (SSSR count). The van der Waals surface area contributed by atoms with Crippen LogP contribution in [0.2, 0.25) is 0 Å². The van der Waals surface area contributed by atoms with E-state index in [0.29, 0.717) is 24.5 Å². The van der Waals surface area contributed by atoms with E-state index in [1.54, 1.807) is 16.9 Å². The molecule has 2 N–H and O–H groups in total. The number of aryl methyl sites for hydroxylation is 1. The highest BCUT2D eigenvalue weighted by atomic mass is 19.4. The van der Waals surface area contributed by atoms with Crippen LogP contribution < -0.4 is 0 Å². The van der Waals surface area contributed by atoms with Crippen LogP contribution in [-0.2, 0) is 30.4 Å². The van der Waals surface area contributed by atoms with Gasteiger partial charge in [-0.1, -0.05) is 61.9 Å². The third-order valence-electron chi connectivity index (χ3n) is 7.37. The summed E-state index contributed by atoms with van der Waals surface area (Å²) in [6, 6.07) is 18.1. The Morgan fingerprint density at radius 1 is 1.00 bits per heavy atom. The van der Waals surface area contributed by atoms with Crippen LogP contribution >= 0.6 is 0 Å². The number of hydrogen-bond acceptors (Lipinski definition) is 7. The van der Waals surface area contributed by atoms with E-state index < -0.39 is 35.8 Å². The van der Waals surface area contributed by atoms with E-state index >= 15 is 0 Å². The van der Waals surface area contributed by atoms with Crippen LogP contribution in [0, 0.1) is 5.92 Å². The molecular weight excluding hydrogens is 587 g/mol. The summed E-state index contributed by atoms with van der Waals surface area (Å²) in [5.41, 5.74) is 3.23. The van der Waals surface area contributed by atoms with Gasteiger partial charge in [0.1, 0.15) is 5.69 Å². The normalized spacial score (nSPS) is 12.3. The molecule has 232 valence electrons. The smallest absolute Gasteiger partial charge is 0.416 e. The third kappa shape index (κ3) is 7.66. The maximum atomic E-state index is 13.6. The molecule has 5 aromatic rings. The van der Waals surface area contributed by atoms with Gasteiger partial charge < -0.3 is 5.11 Å². The van der Waals surface area contributed by atoms with Gasteiger partial charge in [-0.25, -0.2) is 0 Å². The topological polar surface area (TPSA) is 140 Å². The van der Waals surface area contributed by atoms with E-state index in [4.69, 9.17) is 0 Å². The number of tetrazole rings is 1. The summed E-state index contributed by atoms with van der Waals surface area (Å²) in [7, 11) is 0. The summed E-state index contributed by atoms with van der Waals surface area (Å²) < 4.78 is 42.4. The Kier molecular flexibility index (Phi) is 9.45. The second kappa shape index (κ2) is 13.6. The highest BCUT2D eigenvalue weighted by Gasteiger charge is 2.34. The number of aromatic amines is 1. The number of rotatable bonds is 13. The molecule has 3 aromatic heterocycles. The molecule has 0 radical (unpaired) electrons. The predicted octanol–water partition coefficient (Wildman–Crippen LogP) is 6.05. The molecule has 0 saturated carbocycles. The minimum Gasteiger partial charge on any atom is -0.481 e. The number of nitrogens with zero attached hydrogens (tertiary/aromatic N) is 6. The molecule has 0 aliphatic heterocycles. The van der Waals surface area contributed by atoms with Gasteiger partial charge in [-0.3, -0.25) is 19.3 Å². The monoisotopic (exact) mass is 617 g/mol. The van der Waals surface area contributed by atoms with Gasteiger partial charge in [0.25, 0.3) is 0 Å². The summed E-state index contributed by atoms with van der Waals surface area (Å²) in [4.78, 5) is 29.5. The fourth-order valence-corrected chi connectivity index (χ4v) is 5.33. The number of aromatic nitrogens is 7. The number of benzene rings is 2. The first kappa shape index (κ1) is 31.2. The van der Waals surface area contributed by atoms with Crippen molar-refractivity contribution >= 4 is 11.8 Å². The molecule has 45 heavy (non-hydrogen) atoms. The van der Waals surface area contributed by atoms with E-state index in [0.717, 1.165) is 34.9 Å². The van der Waals surface area contributed by atoms with E-state index in [1.807, 2.05) is 43.3 Å². The molecule has 0 unspecified atom stereocenters. The molecule has 0 aliphatic rings. The number of Topliss-reactive ketones (excluding diaryl/α,β-unsaturated/α-hetero) is 1. The standard InChI is InChI=1S/C32H30F3N7O3/c1-2-7-23-17-28(29(43)15-21(16-30(44)45)14-22-8-3-6-11-26(22)32(33,34)35)39-42(23)19-20-12-13-27(36-18-20)24-9-4-5-10-25(24)31-37-40-41-38-31/h3-6,8-13,17-18,21H,2,7,14-16,19H2,1H3,(H,44,45)(H,37,38,40,41)/t21-/m0/s1. The maximum absolute atomic E-state index is 13.6. The van der Waals surface area contributed by atoms with Gasteiger partial charge in [-0.05, 0) is 53.3 Å². The van der Waals surface area contributed by atoms with Gasteiger partial charge in [0.15, 0.2) is 5.78 Å². The summed E-state index contributed by atoms with van der Waals surface area (Å²) >= 11 is 0. The number of alkyl halides is 3. The first-order chi connectivity index (χ1) is 21.6. The lowest BCUT2D eigenvalue weighted by Crippen LogP contribution is -2.18. The fraction of sp³-hybridized carbons (Fsp3) is 0.281. The molecule has 13 heteroatoms. The molecule has 0 fully saturated rings. The largest absolute Gasteiger partial charge is 0.481 e. The highest BCUT2D eigenvalue weighted by Crippen LogP contribution is 2.34. The van der Waals surface area contributed by atoms with Crippen LogP contribution in [0.25, 0.3) is 22.6 Å². The van der Waals surface area contributed by atoms with Crippen LogP contribution in [-0.4, -0.2) is 52.2 Å². The molecule has 1 atom stereocenters. The van der Waals surface area contributed by atoms with Gasteiger partial charge in [0.2, 0.25) is 5.82 Å². The molecule has 0 saturated heterocycles. The lowest BCUT2D eigenvalue weighted by molar-refractivity contribution is -0.138. The zero-order chi connectivity index (χ0) is 32.0. The molecule has 0 aliphatic carbocycles. The van der Waals surface area contributed by atoms with Gasteiger partial charge in [-0.2, -0.15) is 23.5 Å². The number of hydrogen-bond donors (Lipinski definition) is 2. The average molecular weight is 618 g/mol. The Morgan fingerprint density at radius 3 is 2.42 bits per heavy atom. The third-order valence-corrected chi connectivity index (χ3v) is 7.37. The summed E-state index contributed by atoms with van der Waals surface area (Å²) in [5, 5.41) is 28.2. The number of ketones is 1. The molecule has 0 spiro atoms. The Morgan fingerprint density at radius 2 is 1.76 bits per heavy atom. The van der Waals surface area contributed by atoms with Crippen LogP contribution in [0.3, 0.4) is 0 Å². The van der Waals surface area contributed by atoms with Crippen molar-refractivity contribution in [1.82, 2.24) is 35.4 Å². The number of nitrogens with one attached hydrogen (secondary N) is 1. The average Bonchev–Trinajstić information content (AvgIpc) is 3.68. The fourth-order valence-electron chi connectivity index (χ4n) is 5.33. The lowest BCUT2D eigenvalue weighted by Gasteiger charge is -2.17. The van der Waals surface area contributed by atoms with Gasteiger partial charge >= 0.3 is 12.1 Å². The Hall–Kier alpha value is -5.20. The van der Waals surface area contributed by atoms with Crippen molar-refractivity contribution < 1.29 is 27.9 Å². The minimum atomic E-state index is -4.59. The van der Waals surface area contributed by atoms with Crippen molar-refractivity contribution in [2.75, 3.05) is 0 Å². The zero-order valence-electron chi connectivity index (χ0n) is 24.3. The van der Waals surface area contributed by atoms with Crippen molar-refractivity contribution in [3.8, 4) is 22.6 Å². The number of H-pyrrole nitrogens is 1. The first-order valence-corrected chi connectivity index (χ1v) is 14.4. The number of aliphatic carboxylic acids is 1. The number of carboxylic acid groups (broad SMARTS) is 1. The van der Waals surface area contributed by atoms with Crippen molar-refractivity contribution in [3.05, 3.63) is 101 Å². The number of halogens is 3. The molecule has 0 bridgehead atoms. The van der Waals surface area contributed by atoms with E-state index in [1.165, 1.54) is 18.2 Å². The van der Waals surface area contributed by atoms with Crippen molar-refractivity contribution in [2.45, 2.75) is 51.7 Å². The van der Waals surface area contributed by atoms with Crippen molar-refractivity contribution in [1.29, 1.82) is 0 Å². The minimum absolute atomic E-state index is 0.0443. The first-order valence-electron chi connectivity index (χ1n) is 14.4.